The molecule has 4 aromatic carbocycles. The van der Waals surface area contributed by atoms with Gasteiger partial charge in [0.25, 0.3) is 11.5 Å². The quantitative estimate of drug-likeness (QED) is 0.233. The van der Waals surface area contributed by atoms with Gasteiger partial charge >= 0.3 is 0 Å². The maximum Gasteiger partial charge on any atom is 0.279 e. The molecule has 2 amide bonds. The number of aromatic amines is 1. The van der Waals surface area contributed by atoms with E-state index in [1.165, 1.54) is 9.87 Å². The second-order valence-corrected chi connectivity index (χ2v) is 19.7. The molecule has 5 atom stereocenters. The van der Waals surface area contributed by atoms with Crippen LogP contribution in [0.4, 0.5) is 5.69 Å². The van der Waals surface area contributed by atoms with E-state index < -0.39 is 19.8 Å². The maximum atomic E-state index is 14.7. The van der Waals surface area contributed by atoms with Crippen molar-refractivity contribution in [3.63, 3.8) is 0 Å². The molecule has 0 radical (unpaired) electrons. The lowest BCUT2D eigenvalue weighted by Crippen LogP contribution is -2.52. The van der Waals surface area contributed by atoms with Gasteiger partial charge < -0.3 is 24.4 Å². The van der Waals surface area contributed by atoms with Gasteiger partial charge in [-0.15, -0.1) is 0 Å². The van der Waals surface area contributed by atoms with Gasteiger partial charge in [0, 0.05) is 25.1 Å². The summed E-state index contributed by atoms with van der Waals surface area (Å²) in [6.07, 6.45) is 0.0486. The van der Waals surface area contributed by atoms with Crippen LogP contribution in [0.25, 0.3) is 16.6 Å². The molecule has 11 heteroatoms. The van der Waals surface area contributed by atoms with Gasteiger partial charge in [-0.05, 0) is 65.6 Å². The molecule has 5 aromatic rings. The molecular formula is C41H44N4O6Si. The molecule has 52 heavy (non-hydrogen) atoms. The number of anilines is 1. The Morgan fingerprint density at radius 2 is 1.71 bits per heavy atom. The number of ether oxygens (including phenoxy) is 2. The van der Waals surface area contributed by atoms with Gasteiger partial charge in [-0.3, -0.25) is 19.5 Å². The van der Waals surface area contributed by atoms with E-state index in [0.29, 0.717) is 40.8 Å². The smallest absolute Gasteiger partial charge is 0.279 e. The van der Waals surface area contributed by atoms with Crippen molar-refractivity contribution >= 4 is 41.7 Å². The van der Waals surface area contributed by atoms with Crippen molar-refractivity contribution in [3.8, 4) is 11.4 Å². The number of aliphatic hydroxyl groups excluding tert-OH is 1. The lowest BCUT2D eigenvalue weighted by atomic mass is 9.82. The maximum absolute atomic E-state index is 14.7. The van der Waals surface area contributed by atoms with Crippen molar-refractivity contribution < 1.29 is 24.2 Å². The molecule has 268 valence electrons. The number of nitrogens with one attached hydrogen (secondary N) is 1. The number of carbonyl (C=O) groups excluding carboxylic acids is 2. The first-order chi connectivity index (χ1) is 25.0. The summed E-state index contributed by atoms with van der Waals surface area (Å²) in [6.45, 7) is 6.92. The van der Waals surface area contributed by atoms with Crippen molar-refractivity contribution in [1.29, 1.82) is 0 Å². The van der Waals surface area contributed by atoms with Crippen molar-refractivity contribution in [3.05, 3.63) is 118 Å². The molecule has 1 aromatic heterocycles. The largest absolute Gasteiger partial charge is 0.497 e. The van der Waals surface area contributed by atoms with E-state index in [4.69, 9.17) is 9.47 Å². The third-order valence-electron chi connectivity index (χ3n) is 12.1. The number of H-pyrrole nitrogens is 1. The lowest BCUT2D eigenvalue weighted by molar-refractivity contribution is -0.150. The molecule has 3 aliphatic heterocycles. The van der Waals surface area contributed by atoms with Gasteiger partial charge in [0.2, 0.25) is 5.91 Å². The number of hydrogen-bond donors (Lipinski definition) is 2. The minimum Gasteiger partial charge on any atom is -0.497 e. The monoisotopic (exact) mass is 716 g/mol. The van der Waals surface area contributed by atoms with Gasteiger partial charge in [-0.1, -0.05) is 73.7 Å². The van der Waals surface area contributed by atoms with Crippen molar-refractivity contribution in [2.45, 2.75) is 62.7 Å². The summed E-state index contributed by atoms with van der Waals surface area (Å²) >= 11 is 0. The highest BCUT2D eigenvalue weighted by atomic mass is 28.3. The highest BCUT2D eigenvalue weighted by Crippen LogP contribution is 2.60. The highest BCUT2D eigenvalue weighted by molar-refractivity contribution is 6.91. The predicted octanol–water partition coefficient (Wildman–Crippen LogP) is 4.86. The van der Waals surface area contributed by atoms with Crippen molar-refractivity contribution in [2.24, 2.45) is 5.92 Å². The number of nitrogens with zero attached hydrogens (tertiary/aromatic N) is 3. The summed E-state index contributed by atoms with van der Waals surface area (Å²) in [5, 5.41) is 15.4. The van der Waals surface area contributed by atoms with Crippen molar-refractivity contribution in [2.75, 3.05) is 25.7 Å². The van der Waals surface area contributed by atoms with Crippen LogP contribution in [0.2, 0.25) is 18.6 Å². The molecular weight excluding hydrogens is 673 g/mol. The number of carbonyl (C=O) groups is 2. The Morgan fingerprint density at radius 3 is 2.42 bits per heavy atom. The molecule has 1 spiro atoms. The van der Waals surface area contributed by atoms with Crippen LogP contribution in [0.15, 0.2) is 95.8 Å². The summed E-state index contributed by atoms with van der Waals surface area (Å²) < 4.78 is 14.2. The number of hydrogen-bond acceptors (Lipinski definition) is 6. The Kier molecular flexibility index (Phi) is 8.28. The third kappa shape index (κ3) is 5.08. The Morgan fingerprint density at radius 1 is 1.00 bits per heavy atom. The van der Waals surface area contributed by atoms with Gasteiger partial charge in [-0.25, -0.2) is 4.68 Å². The summed E-state index contributed by atoms with van der Waals surface area (Å²) in [6, 6.07) is 28.8. The fourth-order valence-electron chi connectivity index (χ4n) is 9.32. The molecule has 4 heterocycles. The first-order valence-corrected chi connectivity index (χ1v) is 21.0. The third-order valence-corrected chi connectivity index (χ3v) is 16.4. The summed E-state index contributed by atoms with van der Waals surface area (Å²) in [5.41, 5.74) is 3.21. The number of aliphatic hydroxyl groups is 1. The Bertz CT molecular complexity index is 2260. The number of para-hydroxylation sites is 1. The van der Waals surface area contributed by atoms with E-state index in [9.17, 15) is 19.5 Å². The minimum absolute atomic E-state index is 0.0650. The van der Waals surface area contributed by atoms with Gasteiger partial charge in [-0.2, -0.15) is 0 Å². The highest BCUT2D eigenvalue weighted by Gasteiger charge is 2.66. The van der Waals surface area contributed by atoms with E-state index in [-0.39, 0.29) is 47.9 Å². The van der Waals surface area contributed by atoms with E-state index in [2.05, 4.69) is 43.3 Å². The normalized spacial score (nSPS) is 24.1. The summed E-state index contributed by atoms with van der Waals surface area (Å²) in [4.78, 5) is 46.2. The Labute approximate surface area is 303 Å². The Hall–Kier alpha value is -4.97. The van der Waals surface area contributed by atoms with Crippen LogP contribution in [0.3, 0.4) is 0 Å². The molecule has 8 rings (SSSR count). The number of fused-ring (bicyclic) bond motifs is 4. The van der Waals surface area contributed by atoms with Crippen LogP contribution < -0.4 is 20.4 Å². The average Bonchev–Trinajstić information content (AvgIpc) is 3.73. The number of likely N-dealkylation sites (N-methyl/N-ethyl adjacent to an activating group) is 1. The van der Waals surface area contributed by atoms with E-state index >= 15 is 0 Å². The van der Waals surface area contributed by atoms with Crippen LogP contribution in [0.5, 0.6) is 5.75 Å². The summed E-state index contributed by atoms with van der Waals surface area (Å²) in [5.74, 6) is 0.144. The fourth-order valence-corrected chi connectivity index (χ4v) is 13.3. The van der Waals surface area contributed by atoms with Gasteiger partial charge in [0.1, 0.15) is 5.75 Å². The molecule has 3 aliphatic rings. The molecule has 0 bridgehead atoms. The number of amides is 2. The first kappa shape index (κ1) is 34.1. The topological polar surface area (TPSA) is 117 Å². The molecule has 1 fully saturated rings. The molecule has 0 aliphatic carbocycles. The van der Waals surface area contributed by atoms with Crippen LogP contribution >= 0.6 is 0 Å². The van der Waals surface area contributed by atoms with Crippen molar-refractivity contribution in [1.82, 2.24) is 14.7 Å². The van der Waals surface area contributed by atoms with Crippen LogP contribution in [0, 0.1) is 5.92 Å². The number of methoxy groups -OCH3 is 1. The standard InChI is InChI=1S/C41H44N4O6Si/c1-25-38(52(4,5)31-17-15-30(50-3)16-18-31)36(22-37(47)44-23-27-11-7-6-10-26(27)20-29(44)24-46)51-41(25)33-21-28(14-19-35(33)43(2)40(41)49)45-39(48)32-12-8-9-13-34(32)42-45/h6-19,21,25,29,36,38,42,46H,20,22-24H2,1-5H3/t25-,29-,36+,38-,41+/m0/s1. The zero-order chi connectivity index (χ0) is 36.5. The zero-order valence-electron chi connectivity index (χ0n) is 30.1. The first-order valence-electron chi connectivity index (χ1n) is 17.9. The van der Waals surface area contributed by atoms with Crippen LogP contribution in [0.1, 0.15) is 30.0 Å². The molecule has 2 N–H and O–H groups in total. The molecule has 0 saturated carbocycles. The lowest BCUT2D eigenvalue weighted by Gasteiger charge is -2.39. The van der Waals surface area contributed by atoms with E-state index in [0.717, 1.165) is 16.9 Å². The van der Waals surface area contributed by atoms with Crippen LogP contribution in [-0.4, -0.2) is 72.6 Å². The molecule has 0 unspecified atom stereocenters. The van der Waals surface area contributed by atoms with Gasteiger partial charge in [0.15, 0.2) is 5.60 Å². The fraction of sp³-hybridized carbons (Fsp3) is 0.341. The van der Waals surface area contributed by atoms with Gasteiger partial charge in [0.05, 0.1) is 62.6 Å². The number of benzene rings is 4. The number of rotatable bonds is 7. The molecule has 1 saturated heterocycles. The van der Waals surface area contributed by atoms with E-state index in [1.807, 2.05) is 66.7 Å². The Balaban J connectivity index is 1.23. The predicted molar refractivity (Wildman–Crippen MR) is 203 cm³/mol. The van der Waals surface area contributed by atoms with E-state index in [1.54, 1.807) is 30.0 Å². The number of aromatic nitrogens is 2. The summed E-state index contributed by atoms with van der Waals surface area (Å²) in [7, 11) is 0.891. The van der Waals surface area contributed by atoms with Crippen LogP contribution in [-0.2, 0) is 32.9 Å². The minimum atomic E-state index is -2.52. The second kappa shape index (κ2) is 12.6. The molecule has 10 nitrogen and oxygen atoms in total. The second-order valence-electron chi connectivity index (χ2n) is 15.1. The zero-order valence-corrected chi connectivity index (χ0v) is 31.1. The average molecular weight is 717 g/mol. The SMILES string of the molecule is COc1ccc([Si](C)(C)[C@@H]2[C@@H](CC(=O)N3Cc4ccccc4C[C@H]3CO)O[C@]3(C(=O)N(C)c4ccc(-n5[nH]c6ccccc6c5=O)cc43)[C@H]2C)cc1.